The maximum atomic E-state index is 12.2. The van der Waals surface area contributed by atoms with E-state index >= 15 is 0 Å². The number of H-pyrrole nitrogens is 1. The summed E-state index contributed by atoms with van der Waals surface area (Å²) in [5.41, 5.74) is 5.37. The van der Waals surface area contributed by atoms with Crippen molar-refractivity contribution in [1.29, 1.82) is 5.41 Å². The Hall–Kier alpha value is -1.45. The average Bonchev–Trinajstić information content (AvgIpc) is 2.90. The Morgan fingerprint density at radius 1 is 1.57 bits per heavy atom. The zero-order chi connectivity index (χ0) is 15.5. The van der Waals surface area contributed by atoms with E-state index in [4.69, 9.17) is 11.1 Å². The molecule has 1 aromatic heterocycles. The topological polar surface area (TPSA) is 128 Å². The number of amidine groups is 1. The van der Waals surface area contributed by atoms with Crippen LogP contribution in [0.15, 0.2) is 11.2 Å². The van der Waals surface area contributed by atoms with Crippen LogP contribution in [-0.2, 0) is 16.4 Å². The summed E-state index contributed by atoms with van der Waals surface area (Å²) in [7, 11) is -3.54. The van der Waals surface area contributed by atoms with E-state index in [2.05, 4.69) is 19.6 Å². The van der Waals surface area contributed by atoms with Crippen LogP contribution < -0.4 is 10.5 Å². The summed E-state index contributed by atoms with van der Waals surface area (Å²) in [4.78, 5) is 8.88. The van der Waals surface area contributed by atoms with Crippen molar-refractivity contribution in [2.24, 2.45) is 5.73 Å². The Morgan fingerprint density at radius 2 is 2.24 bits per heavy atom. The first-order chi connectivity index (χ1) is 9.90. The average molecular weight is 314 g/mol. The monoisotopic (exact) mass is 314 g/mol. The van der Waals surface area contributed by atoms with Crippen molar-refractivity contribution in [3.05, 3.63) is 12.0 Å². The van der Waals surface area contributed by atoms with Crippen LogP contribution >= 0.6 is 0 Å². The molecule has 0 spiro atoms. The first-order valence-corrected chi connectivity index (χ1v) is 8.50. The van der Waals surface area contributed by atoms with Crippen molar-refractivity contribution in [2.75, 3.05) is 19.6 Å². The van der Waals surface area contributed by atoms with Crippen LogP contribution in [-0.4, -0.2) is 54.8 Å². The van der Waals surface area contributed by atoms with E-state index in [0.717, 1.165) is 13.1 Å². The number of hydrogen-bond donors (Lipinski definition) is 4. The summed E-state index contributed by atoms with van der Waals surface area (Å²) in [6, 6.07) is -0.0911. The Morgan fingerprint density at radius 3 is 2.76 bits per heavy atom. The van der Waals surface area contributed by atoms with E-state index in [9.17, 15) is 8.42 Å². The highest BCUT2D eigenvalue weighted by atomic mass is 32.2. The first kappa shape index (κ1) is 15.9. The van der Waals surface area contributed by atoms with E-state index in [-0.39, 0.29) is 16.9 Å². The lowest BCUT2D eigenvalue weighted by Crippen LogP contribution is -2.46. The zero-order valence-corrected chi connectivity index (χ0v) is 12.9. The van der Waals surface area contributed by atoms with Gasteiger partial charge >= 0.3 is 0 Å². The summed E-state index contributed by atoms with van der Waals surface area (Å²) < 4.78 is 27.2. The van der Waals surface area contributed by atoms with Crippen LogP contribution in [0.25, 0.3) is 0 Å². The fraction of sp³-hybridized carbons (Fsp3) is 0.667. The van der Waals surface area contributed by atoms with Gasteiger partial charge in [-0.3, -0.25) is 10.3 Å². The van der Waals surface area contributed by atoms with Crippen molar-refractivity contribution in [3.63, 3.8) is 0 Å². The maximum Gasteiger partial charge on any atom is 0.257 e. The molecule has 8 nitrogen and oxygen atoms in total. The molecule has 2 heterocycles. The lowest BCUT2D eigenvalue weighted by Gasteiger charge is -2.31. The normalized spacial score (nSPS) is 18.0. The molecule has 2 rings (SSSR count). The summed E-state index contributed by atoms with van der Waals surface area (Å²) >= 11 is 0. The molecule has 1 fully saturated rings. The second-order valence-corrected chi connectivity index (χ2v) is 6.93. The van der Waals surface area contributed by atoms with Gasteiger partial charge in [-0.2, -0.15) is 0 Å². The van der Waals surface area contributed by atoms with Crippen molar-refractivity contribution in [1.82, 2.24) is 19.6 Å². The number of nitrogens with two attached hydrogens (primary N) is 1. The van der Waals surface area contributed by atoms with Crippen LogP contribution in [0.1, 0.15) is 25.6 Å². The minimum atomic E-state index is -3.54. The molecule has 0 unspecified atom stereocenters. The first-order valence-electron chi connectivity index (χ1n) is 7.02. The lowest BCUT2D eigenvalue weighted by atomic mass is 10.1. The number of aromatic nitrogens is 2. The second kappa shape index (κ2) is 6.54. The minimum absolute atomic E-state index is 0.0911. The van der Waals surface area contributed by atoms with Gasteiger partial charge in [-0.15, -0.1) is 0 Å². The van der Waals surface area contributed by atoms with E-state index in [1.54, 1.807) is 0 Å². The van der Waals surface area contributed by atoms with Gasteiger partial charge in [-0.05, 0) is 12.8 Å². The van der Waals surface area contributed by atoms with Crippen LogP contribution in [0.5, 0.6) is 0 Å². The third-order valence-electron chi connectivity index (χ3n) is 3.53. The molecule has 21 heavy (non-hydrogen) atoms. The molecule has 5 N–H and O–H groups in total. The third kappa shape index (κ3) is 4.26. The Balaban J connectivity index is 1.91. The van der Waals surface area contributed by atoms with Gasteiger partial charge in [0.2, 0.25) is 0 Å². The molecular weight excluding hydrogens is 292 g/mol. The number of aromatic amines is 1. The van der Waals surface area contributed by atoms with Crippen LogP contribution in [0, 0.1) is 5.41 Å². The molecule has 0 bridgehead atoms. The Bertz CT molecular complexity index is 589. The number of nitrogens with one attached hydrogen (secondary N) is 3. The minimum Gasteiger partial charge on any atom is -0.387 e. The third-order valence-corrected chi connectivity index (χ3v) is 4.96. The smallest absolute Gasteiger partial charge is 0.257 e. The van der Waals surface area contributed by atoms with Gasteiger partial charge in [-0.25, -0.2) is 18.1 Å². The van der Waals surface area contributed by atoms with Crippen molar-refractivity contribution >= 4 is 15.9 Å². The second-order valence-electron chi connectivity index (χ2n) is 5.24. The fourth-order valence-corrected chi connectivity index (χ4v) is 3.64. The molecule has 0 aromatic carbocycles. The largest absolute Gasteiger partial charge is 0.387 e. The molecule has 1 saturated heterocycles. The Kier molecular flexibility index (Phi) is 4.96. The van der Waals surface area contributed by atoms with Gasteiger partial charge in [0.25, 0.3) is 10.0 Å². The van der Waals surface area contributed by atoms with Crippen molar-refractivity contribution in [3.8, 4) is 0 Å². The highest BCUT2D eigenvalue weighted by molar-refractivity contribution is 7.89. The number of imidazole rings is 1. The number of rotatable bonds is 6. The molecular formula is C12H22N6O2S. The van der Waals surface area contributed by atoms with Gasteiger partial charge in [-0.1, -0.05) is 6.92 Å². The number of piperidine rings is 1. The van der Waals surface area contributed by atoms with Gasteiger partial charge in [0, 0.05) is 25.6 Å². The van der Waals surface area contributed by atoms with Gasteiger partial charge < -0.3 is 10.7 Å². The van der Waals surface area contributed by atoms with E-state index in [1.807, 2.05) is 6.92 Å². The zero-order valence-electron chi connectivity index (χ0n) is 12.1. The Labute approximate surface area is 124 Å². The van der Waals surface area contributed by atoms with Gasteiger partial charge in [0.15, 0.2) is 5.03 Å². The highest BCUT2D eigenvalue weighted by Crippen LogP contribution is 2.14. The summed E-state index contributed by atoms with van der Waals surface area (Å²) in [6.07, 6.45) is 3.44. The summed E-state index contributed by atoms with van der Waals surface area (Å²) in [5, 5.41) is 7.39. The quantitative estimate of drug-likeness (QED) is 0.421. The predicted octanol–water partition coefficient (Wildman–Crippen LogP) is -0.349. The summed E-state index contributed by atoms with van der Waals surface area (Å²) in [5.74, 6) is 0.797. The molecule has 1 aromatic rings. The van der Waals surface area contributed by atoms with Crippen molar-refractivity contribution in [2.45, 2.75) is 37.3 Å². The molecule has 0 saturated carbocycles. The molecule has 0 aliphatic carbocycles. The molecule has 118 valence electrons. The lowest BCUT2D eigenvalue weighted by molar-refractivity contribution is 0.231. The molecule has 0 amide bonds. The van der Waals surface area contributed by atoms with Crippen molar-refractivity contribution < 1.29 is 8.42 Å². The molecule has 1 aliphatic heterocycles. The van der Waals surface area contributed by atoms with Crippen LogP contribution in [0.2, 0.25) is 0 Å². The van der Waals surface area contributed by atoms with Crippen LogP contribution in [0.4, 0.5) is 0 Å². The predicted molar refractivity (Wildman–Crippen MR) is 79.7 cm³/mol. The number of aryl methyl sites for hydroxylation is 1. The number of likely N-dealkylation sites (tertiary alicyclic amines) is 1. The van der Waals surface area contributed by atoms with Gasteiger partial charge in [0.05, 0.1) is 12.7 Å². The standard InChI is InChI=1S/C12H22N6O2S/c1-2-11-15-7-12(16-11)21(19,20)17-9-3-5-18(6-4-9)8-10(13)14/h7,9,17H,2-6,8H2,1H3,(H3,13,14)(H,15,16). The summed E-state index contributed by atoms with van der Waals surface area (Å²) in [6.45, 7) is 3.82. The maximum absolute atomic E-state index is 12.2. The van der Waals surface area contributed by atoms with E-state index < -0.39 is 10.0 Å². The number of sulfonamides is 1. The SMILES string of the molecule is CCc1ncc(S(=O)(=O)NC2CCN(CC(=N)N)CC2)[nH]1. The fourth-order valence-electron chi connectivity index (χ4n) is 2.39. The molecule has 0 radical (unpaired) electrons. The highest BCUT2D eigenvalue weighted by Gasteiger charge is 2.25. The van der Waals surface area contributed by atoms with Gasteiger partial charge in [0.1, 0.15) is 11.7 Å². The molecule has 9 heteroatoms. The van der Waals surface area contributed by atoms with Crippen LogP contribution in [0.3, 0.4) is 0 Å². The molecule has 1 aliphatic rings. The number of hydrogen-bond acceptors (Lipinski definition) is 5. The number of nitrogens with zero attached hydrogens (tertiary/aromatic N) is 2. The van der Waals surface area contributed by atoms with E-state index in [0.29, 0.717) is 31.6 Å². The molecule has 0 atom stereocenters. The van der Waals surface area contributed by atoms with E-state index in [1.165, 1.54) is 6.20 Å².